The number of rotatable bonds is 2. The van der Waals surface area contributed by atoms with Crippen molar-refractivity contribution in [2.75, 3.05) is 13.7 Å². The number of benzene rings is 2. The van der Waals surface area contributed by atoms with E-state index in [-0.39, 0.29) is 0 Å². The minimum absolute atomic E-state index is 0.799. The molecule has 19 heavy (non-hydrogen) atoms. The van der Waals surface area contributed by atoms with Gasteiger partial charge in [-0.15, -0.1) is 0 Å². The second-order valence-electron chi connectivity index (χ2n) is 4.75. The van der Waals surface area contributed by atoms with Crippen LogP contribution in [0.25, 0.3) is 11.1 Å². The standard InChI is InChI=1S/C16H16ClNO/c1-19-14-4-2-11(3-5-14)16-9-13(17)8-12-10-18-7-6-15(12)16/h2-5,8-9,18H,6-7,10H2,1H3. The lowest BCUT2D eigenvalue weighted by Crippen LogP contribution is -2.24. The predicted octanol–water partition coefficient (Wildman–Crippen LogP) is 3.66. The third-order valence-corrected chi connectivity index (χ3v) is 3.79. The third-order valence-electron chi connectivity index (χ3n) is 3.58. The van der Waals surface area contributed by atoms with Gasteiger partial charge in [0.25, 0.3) is 0 Å². The highest BCUT2D eigenvalue weighted by molar-refractivity contribution is 6.31. The Morgan fingerprint density at radius 3 is 2.68 bits per heavy atom. The van der Waals surface area contributed by atoms with Crippen LogP contribution in [0.15, 0.2) is 36.4 Å². The molecule has 1 aliphatic heterocycles. The van der Waals surface area contributed by atoms with Gasteiger partial charge in [0, 0.05) is 11.6 Å². The Bertz CT molecular complexity index is 592. The van der Waals surface area contributed by atoms with Crippen LogP contribution in [0.3, 0.4) is 0 Å². The number of methoxy groups -OCH3 is 1. The van der Waals surface area contributed by atoms with E-state index in [1.165, 1.54) is 22.3 Å². The molecule has 2 aromatic carbocycles. The van der Waals surface area contributed by atoms with Gasteiger partial charge in [-0.3, -0.25) is 0 Å². The molecular formula is C16H16ClNO. The molecule has 0 radical (unpaired) electrons. The Balaban J connectivity index is 2.10. The van der Waals surface area contributed by atoms with Gasteiger partial charge in [0.05, 0.1) is 7.11 Å². The average molecular weight is 274 g/mol. The molecular weight excluding hydrogens is 258 g/mol. The van der Waals surface area contributed by atoms with Crippen LogP contribution >= 0.6 is 11.6 Å². The normalized spacial score (nSPS) is 14.0. The van der Waals surface area contributed by atoms with Crippen molar-refractivity contribution in [3.05, 3.63) is 52.5 Å². The van der Waals surface area contributed by atoms with Crippen LogP contribution in [0.1, 0.15) is 11.1 Å². The van der Waals surface area contributed by atoms with Gasteiger partial charge in [0.1, 0.15) is 5.75 Å². The molecule has 0 aliphatic carbocycles. The smallest absolute Gasteiger partial charge is 0.118 e. The van der Waals surface area contributed by atoms with Crippen molar-refractivity contribution in [2.24, 2.45) is 0 Å². The van der Waals surface area contributed by atoms with Crippen molar-refractivity contribution in [1.82, 2.24) is 5.32 Å². The maximum Gasteiger partial charge on any atom is 0.118 e. The van der Waals surface area contributed by atoms with E-state index in [0.717, 1.165) is 30.3 Å². The van der Waals surface area contributed by atoms with Crippen molar-refractivity contribution >= 4 is 11.6 Å². The summed E-state index contributed by atoms with van der Waals surface area (Å²) in [5, 5.41) is 4.19. The summed E-state index contributed by atoms with van der Waals surface area (Å²) in [6.45, 7) is 1.93. The highest BCUT2D eigenvalue weighted by Gasteiger charge is 2.15. The van der Waals surface area contributed by atoms with E-state index < -0.39 is 0 Å². The Kier molecular flexibility index (Phi) is 3.45. The lowest BCUT2D eigenvalue weighted by molar-refractivity contribution is 0.415. The maximum atomic E-state index is 6.24. The van der Waals surface area contributed by atoms with Gasteiger partial charge in [0.2, 0.25) is 0 Å². The van der Waals surface area contributed by atoms with Gasteiger partial charge in [-0.1, -0.05) is 23.7 Å². The second kappa shape index (κ2) is 5.24. The summed E-state index contributed by atoms with van der Waals surface area (Å²) in [6, 6.07) is 12.3. The Labute approximate surface area is 118 Å². The first-order valence-corrected chi connectivity index (χ1v) is 6.82. The van der Waals surface area contributed by atoms with Gasteiger partial charge >= 0.3 is 0 Å². The third kappa shape index (κ3) is 2.46. The first-order valence-electron chi connectivity index (χ1n) is 6.44. The van der Waals surface area contributed by atoms with Crippen LogP contribution < -0.4 is 10.1 Å². The quantitative estimate of drug-likeness (QED) is 0.902. The van der Waals surface area contributed by atoms with E-state index >= 15 is 0 Å². The molecule has 0 fully saturated rings. The van der Waals surface area contributed by atoms with Crippen LogP contribution in [0.5, 0.6) is 5.75 Å². The number of nitrogens with one attached hydrogen (secondary N) is 1. The summed E-state index contributed by atoms with van der Waals surface area (Å²) in [5.41, 5.74) is 5.16. The Morgan fingerprint density at radius 1 is 1.16 bits per heavy atom. The molecule has 2 aromatic rings. The van der Waals surface area contributed by atoms with Gasteiger partial charge in [0.15, 0.2) is 0 Å². The molecule has 0 aromatic heterocycles. The van der Waals surface area contributed by atoms with E-state index in [4.69, 9.17) is 16.3 Å². The van der Waals surface area contributed by atoms with Crippen LogP contribution in [0, 0.1) is 0 Å². The largest absolute Gasteiger partial charge is 0.497 e. The van der Waals surface area contributed by atoms with E-state index in [0.29, 0.717) is 0 Å². The molecule has 0 saturated heterocycles. The van der Waals surface area contributed by atoms with Crippen molar-refractivity contribution in [2.45, 2.75) is 13.0 Å². The van der Waals surface area contributed by atoms with E-state index in [1.807, 2.05) is 12.1 Å². The molecule has 0 spiro atoms. The minimum Gasteiger partial charge on any atom is -0.497 e. The molecule has 0 unspecified atom stereocenters. The molecule has 0 amide bonds. The fourth-order valence-corrected chi connectivity index (χ4v) is 2.85. The number of ether oxygens (including phenoxy) is 1. The molecule has 1 heterocycles. The van der Waals surface area contributed by atoms with Gasteiger partial charge < -0.3 is 10.1 Å². The fourth-order valence-electron chi connectivity index (χ4n) is 2.61. The lowest BCUT2D eigenvalue weighted by Gasteiger charge is -2.21. The van der Waals surface area contributed by atoms with Gasteiger partial charge in [-0.05, 0) is 59.5 Å². The minimum atomic E-state index is 0.799. The number of fused-ring (bicyclic) bond motifs is 1. The average Bonchev–Trinajstić information content (AvgIpc) is 2.46. The fraction of sp³-hybridized carbons (Fsp3) is 0.250. The summed E-state index contributed by atoms with van der Waals surface area (Å²) < 4.78 is 5.21. The van der Waals surface area contributed by atoms with Crippen LogP contribution in [-0.2, 0) is 13.0 Å². The topological polar surface area (TPSA) is 21.3 Å². The lowest BCUT2D eigenvalue weighted by atomic mass is 9.91. The molecule has 98 valence electrons. The van der Waals surface area contributed by atoms with Gasteiger partial charge in [-0.2, -0.15) is 0 Å². The summed E-state index contributed by atoms with van der Waals surface area (Å²) >= 11 is 6.24. The molecule has 1 N–H and O–H groups in total. The monoisotopic (exact) mass is 273 g/mol. The summed E-state index contributed by atoms with van der Waals surface area (Å²) in [7, 11) is 1.68. The molecule has 2 nitrogen and oxygen atoms in total. The molecule has 1 aliphatic rings. The molecule has 0 saturated carbocycles. The number of hydrogen-bond donors (Lipinski definition) is 1. The van der Waals surface area contributed by atoms with E-state index in [1.54, 1.807) is 7.11 Å². The first kappa shape index (κ1) is 12.5. The van der Waals surface area contributed by atoms with Crippen molar-refractivity contribution in [3.63, 3.8) is 0 Å². The van der Waals surface area contributed by atoms with Crippen molar-refractivity contribution < 1.29 is 4.74 Å². The summed E-state index contributed by atoms with van der Waals surface area (Å²) in [6.07, 6.45) is 1.05. The van der Waals surface area contributed by atoms with Crippen LogP contribution in [-0.4, -0.2) is 13.7 Å². The van der Waals surface area contributed by atoms with Crippen molar-refractivity contribution in [3.8, 4) is 16.9 Å². The SMILES string of the molecule is COc1ccc(-c2cc(Cl)cc3c2CCNC3)cc1. The molecule has 3 heteroatoms. The molecule has 0 bridgehead atoms. The summed E-state index contributed by atoms with van der Waals surface area (Å²) in [5.74, 6) is 0.876. The highest BCUT2D eigenvalue weighted by atomic mass is 35.5. The number of hydrogen-bond acceptors (Lipinski definition) is 2. The Morgan fingerprint density at radius 2 is 1.95 bits per heavy atom. The second-order valence-corrected chi connectivity index (χ2v) is 5.18. The highest BCUT2D eigenvalue weighted by Crippen LogP contribution is 2.32. The Hall–Kier alpha value is -1.51. The molecule has 0 atom stereocenters. The predicted molar refractivity (Wildman–Crippen MR) is 78.9 cm³/mol. The maximum absolute atomic E-state index is 6.24. The van der Waals surface area contributed by atoms with E-state index in [2.05, 4.69) is 29.6 Å². The number of halogens is 1. The molecule has 3 rings (SSSR count). The van der Waals surface area contributed by atoms with Gasteiger partial charge in [-0.25, -0.2) is 0 Å². The van der Waals surface area contributed by atoms with Crippen molar-refractivity contribution in [1.29, 1.82) is 0 Å². The zero-order chi connectivity index (χ0) is 13.2. The van der Waals surface area contributed by atoms with Crippen LogP contribution in [0.4, 0.5) is 0 Å². The first-order chi connectivity index (χ1) is 9.28. The zero-order valence-corrected chi connectivity index (χ0v) is 11.6. The van der Waals surface area contributed by atoms with E-state index in [9.17, 15) is 0 Å². The van der Waals surface area contributed by atoms with Crippen LogP contribution in [0.2, 0.25) is 5.02 Å². The zero-order valence-electron chi connectivity index (χ0n) is 10.9. The summed E-state index contributed by atoms with van der Waals surface area (Å²) in [4.78, 5) is 0.